The molecule has 3 aliphatic rings. The van der Waals surface area contributed by atoms with Crippen molar-refractivity contribution in [3.8, 4) is 17.2 Å². The summed E-state index contributed by atoms with van der Waals surface area (Å²) in [4.78, 5) is 14.9. The molecule has 0 N–H and O–H groups in total. The first kappa shape index (κ1) is 19.1. The monoisotopic (exact) mass is 423 g/mol. The van der Waals surface area contributed by atoms with Crippen LogP contribution in [0.2, 0.25) is 5.02 Å². The molecule has 0 radical (unpaired) electrons. The van der Waals surface area contributed by atoms with Crippen LogP contribution in [0.1, 0.15) is 30.0 Å². The average Bonchev–Trinajstić information content (AvgIpc) is 3.27. The van der Waals surface area contributed by atoms with E-state index in [1.165, 1.54) is 0 Å². The van der Waals surface area contributed by atoms with Crippen LogP contribution in [0.4, 0.5) is 0 Å². The third kappa shape index (κ3) is 3.77. The van der Waals surface area contributed by atoms with Crippen molar-refractivity contribution in [2.24, 2.45) is 0 Å². The van der Waals surface area contributed by atoms with Crippen molar-refractivity contribution in [2.45, 2.75) is 18.9 Å². The van der Waals surface area contributed by atoms with Gasteiger partial charge in [-0.1, -0.05) is 23.7 Å². The van der Waals surface area contributed by atoms with Crippen LogP contribution < -0.4 is 14.2 Å². The van der Waals surface area contributed by atoms with Gasteiger partial charge in [0.2, 0.25) is 5.91 Å². The number of amides is 1. The molecule has 0 aliphatic carbocycles. The standard InChI is InChI=1S/C24H22ClNO4/c25-19-5-7-21-18(13-19)12-16(15-30-21)3-8-24(27)26-9-1-2-20(26)17-4-6-22-23(14-17)29-11-10-28-22/h3-8,12-14,20H,1-2,9-11,15H2/b8-3-/t20-/m0/s1. The smallest absolute Gasteiger partial charge is 0.247 e. The predicted octanol–water partition coefficient (Wildman–Crippen LogP) is 4.81. The largest absolute Gasteiger partial charge is 0.488 e. The molecule has 1 atom stereocenters. The number of ether oxygens (including phenoxy) is 3. The van der Waals surface area contributed by atoms with E-state index in [2.05, 4.69) is 0 Å². The van der Waals surface area contributed by atoms with Gasteiger partial charge in [0, 0.05) is 23.2 Å². The summed E-state index contributed by atoms with van der Waals surface area (Å²) in [6, 6.07) is 11.6. The van der Waals surface area contributed by atoms with Crippen molar-refractivity contribution in [2.75, 3.05) is 26.4 Å². The van der Waals surface area contributed by atoms with Crippen LogP contribution in [-0.4, -0.2) is 37.2 Å². The molecule has 5 nitrogen and oxygen atoms in total. The van der Waals surface area contributed by atoms with E-state index in [0.29, 0.717) is 24.8 Å². The van der Waals surface area contributed by atoms with Gasteiger partial charge in [-0.15, -0.1) is 0 Å². The van der Waals surface area contributed by atoms with E-state index in [9.17, 15) is 4.79 Å². The van der Waals surface area contributed by atoms with Gasteiger partial charge in [-0.3, -0.25) is 4.79 Å². The number of fused-ring (bicyclic) bond motifs is 2. The molecule has 1 fully saturated rings. The van der Waals surface area contributed by atoms with Gasteiger partial charge in [-0.05, 0) is 60.4 Å². The summed E-state index contributed by atoms with van der Waals surface area (Å²) in [5, 5.41) is 0.661. The summed E-state index contributed by atoms with van der Waals surface area (Å²) in [5.41, 5.74) is 2.95. The van der Waals surface area contributed by atoms with E-state index in [0.717, 1.165) is 53.3 Å². The second kappa shape index (κ2) is 8.07. The topological polar surface area (TPSA) is 48.0 Å². The minimum absolute atomic E-state index is 0.00480. The first-order valence-electron chi connectivity index (χ1n) is 10.2. The molecular formula is C24H22ClNO4. The highest BCUT2D eigenvalue weighted by Gasteiger charge is 2.30. The Morgan fingerprint density at radius 2 is 1.87 bits per heavy atom. The summed E-state index contributed by atoms with van der Waals surface area (Å²) in [5.74, 6) is 2.34. The molecule has 5 rings (SSSR count). The molecular weight excluding hydrogens is 402 g/mol. The normalized spacial score (nSPS) is 20.0. The number of hydrogen-bond acceptors (Lipinski definition) is 4. The fraction of sp³-hybridized carbons (Fsp3) is 0.292. The summed E-state index contributed by atoms with van der Waals surface area (Å²) >= 11 is 6.08. The molecule has 0 spiro atoms. The van der Waals surface area contributed by atoms with Crippen LogP contribution in [-0.2, 0) is 4.79 Å². The van der Waals surface area contributed by atoms with Crippen LogP contribution in [0.15, 0.2) is 54.1 Å². The molecule has 1 saturated heterocycles. The second-order valence-corrected chi connectivity index (χ2v) is 8.05. The molecule has 1 amide bonds. The second-order valence-electron chi connectivity index (χ2n) is 7.62. The van der Waals surface area contributed by atoms with Gasteiger partial charge < -0.3 is 19.1 Å². The van der Waals surface area contributed by atoms with Gasteiger partial charge in [0.1, 0.15) is 25.6 Å². The summed E-state index contributed by atoms with van der Waals surface area (Å²) in [7, 11) is 0. The summed E-state index contributed by atoms with van der Waals surface area (Å²) in [6.07, 6.45) is 7.41. The third-order valence-corrected chi connectivity index (χ3v) is 5.87. The van der Waals surface area contributed by atoms with Crippen molar-refractivity contribution in [1.82, 2.24) is 4.90 Å². The third-order valence-electron chi connectivity index (χ3n) is 5.63. The molecule has 2 aromatic carbocycles. The molecule has 6 heteroatoms. The first-order chi connectivity index (χ1) is 14.7. The lowest BCUT2D eigenvalue weighted by Gasteiger charge is -2.26. The number of carbonyl (C=O) groups excluding carboxylic acids is 1. The minimum Gasteiger partial charge on any atom is -0.488 e. The summed E-state index contributed by atoms with van der Waals surface area (Å²) < 4.78 is 17.1. The Bertz CT molecular complexity index is 1050. The lowest BCUT2D eigenvalue weighted by Crippen LogP contribution is -2.29. The quantitative estimate of drug-likeness (QED) is 0.665. The van der Waals surface area contributed by atoms with Gasteiger partial charge in [-0.2, -0.15) is 0 Å². The van der Waals surface area contributed by atoms with Crippen molar-refractivity contribution in [3.05, 3.63) is 70.3 Å². The number of benzene rings is 2. The zero-order valence-electron chi connectivity index (χ0n) is 16.5. The van der Waals surface area contributed by atoms with Crippen LogP contribution in [0.25, 0.3) is 6.08 Å². The molecule has 2 aromatic rings. The van der Waals surface area contributed by atoms with E-state index in [-0.39, 0.29) is 11.9 Å². The van der Waals surface area contributed by atoms with Crippen molar-refractivity contribution in [1.29, 1.82) is 0 Å². The zero-order valence-corrected chi connectivity index (χ0v) is 17.2. The van der Waals surface area contributed by atoms with E-state index in [1.807, 2.05) is 53.5 Å². The Hall–Kier alpha value is -2.92. The average molecular weight is 424 g/mol. The Kier molecular flexibility index (Phi) is 5.13. The molecule has 0 saturated carbocycles. The number of hydrogen-bond donors (Lipinski definition) is 0. The molecule has 154 valence electrons. The number of rotatable bonds is 3. The Morgan fingerprint density at radius 3 is 2.77 bits per heavy atom. The number of nitrogens with zero attached hydrogens (tertiary/aromatic N) is 1. The highest BCUT2D eigenvalue weighted by atomic mass is 35.5. The zero-order chi connectivity index (χ0) is 20.5. The Morgan fingerprint density at radius 1 is 1.03 bits per heavy atom. The van der Waals surface area contributed by atoms with Gasteiger partial charge in [0.05, 0.1) is 6.04 Å². The molecule has 30 heavy (non-hydrogen) atoms. The molecule has 0 aromatic heterocycles. The van der Waals surface area contributed by atoms with E-state index < -0.39 is 0 Å². The van der Waals surface area contributed by atoms with Crippen molar-refractivity contribution in [3.63, 3.8) is 0 Å². The fourth-order valence-corrected chi connectivity index (χ4v) is 4.36. The fourth-order valence-electron chi connectivity index (χ4n) is 4.18. The SMILES string of the molecule is O=C(/C=C\C1=Cc2cc(Cl)ccc2OC1)N1CCC[C@H]1c1ccc2c(c1)OCCO2. The van der Waals surface area contributed by atoms with Crippen LogP contribution in [0, 0.1) is 0 Å². The maximum Gasteiger partial charge on any atom is 0.247 e. The number of likely N-dealkylation sites (tertiary alicyclic amines) is 1. The first-order valence-corrected chi connectivity index (χ1v) is 10.6. The van der Waals surface area contributed by atoms with E-state index in [1.54, 1.807) is 6.08 Å². The molecule has 3 aliphatic heterocycles. The van der Waals surface area contributed by atoms with Gasteiger partial charge >= 0.3 is 0 Å². The van der Waals surface area contributed by atoms with Gasteiger partial charge in [-0.25, -0.2) is 0 Å². The molecule has 3 heterocycles. The van der Waals surface area contributed by atoms with Gasteiger partial charge in [0.15, 0.2) is 11.5 Å². The van der Waals surface area contributed by atoms with Crippen molar-refractivity contribution >= 4 is 23.6 Å². The molecule has 0 unspecified atom stereocenters. The molecule has 0 bridgehead atoms. The van der Waals surface area contributed by atoms with E-state index >= 15 is 0 Å². The minimum atomic E-state index is 0.00480. The highest BCUT2D eigenvalue weighted by molar-refractivity contribution is 6.30. The van der Waals surface area contributed by atoms with Crippen LogP contribution in [0.5, 0.6) is 17.2 Å². The van der Waals surface area contributed by atoms with E-state index in [4.69, 9.17) is 25.8 Å². The Balaban J connectivity index is 1.32. The lowest BCUT2D eigenvalue weighted by molar-refractivity contribution is -0.126. The highest BCUT2D eigenvalue weighted by Crippen LogP contribution is 2.38. The Labute approximate surface area is 180 Å². The van der Waals surface area contributed by atoms with Crippen molar-refractivity contribution < 1.29 is 19.0 Å². The van der Waals surface area contributed by atoms with Gasteiger partial charge in [0.25, 0.3) is 0 Å². The number of carbonyl (C=O) groups is 1. The van der Waals surface area contributed by atoms with Crippen LogP contribution in [0.3, 0.4) is 0 Å². The summed E-state index contributed by atoms with van der Waals surface area (Å²) in [6.45, 7) is 2.31. The predicted molar refractivity (Wildman–Crippen MR) is 115 cm³/mol. The number of halogens is 1. The maximum atomic E-state index is 13.0. The van der Waals surface area contributed by atoms with Crippen LogP contribution >= 0.6 is 11.6 Å². The lowest BCUT2D eigenvalue weighted by atomic mass is 10.0. The maximum absolute atomic E-state index is 13.0.